The van der Waals surface area contributed by atoms with Crippen LogP contribution in [0.2, 0.25) is 0 Å². The first kappa shape index (κ1) is 11.9. The molecule has 0 radical (unpaired) electrons. The average Bonchev–Trinajstić information content (AvgIpc) is 2.88. The number of β-amino-alcohol motifs (C(OH)–C–C–N with tert-alkyl or cyclic N) is 1. The lowest BCUT2D eigenvalue weighted by Gasteiger charge is -2.24. The van der Waals surface area contributed by atoms with Crippen molar-refractivity contribution in [1.29, 1.82) is 0 Å². The van der Waals surface area contributed by atoms with Gasteiger partial charge in [-0.15, -0.1) is 0 Å². The van der Waals surface area contributed by atoms with E-state index in [1.165, 1.54) is 25.7 Å². The minimum absolute atomic E-state index is 0.142. The van der Waals surface area contributed by atoms with E-state index < -0.39 is 0 Å². The topological polar surface area (TPSA) is 52.6 Å². The van der Waals surface area contributed by atoms with E-state index in [0.717, 1.165) is 6.54 Å². The van der Waals surface area contributed by atoms with Crippen LogP contribution in [-0.4, -0.2) is 48.2 Å². The highest BCUT2D eigenvalue weighted by atomic mass is 16.3. The van der Waals surface area contributed by atoms with Gasteiger partial charge in [-0.25, -0.2) is 0 Å². The Morgan fingerprint density at radius 3 is 2.69 bits per heavy atom. The highest BCUT2D eigenvalue weighted by Gasteiger charge is 2.31. The van der Waals surface area contributed by atoms with Crippen molar-refractivity contribution in [3.05, 3.63) is 0 Å². The molecule has 2 N–H and O–H groups in total. The van der Waals surface area contributed by atoms with Gasteiger partial charge in [0, 0.05) is 20.1 Å². The lowest BCUT2D eigenvalue weighted by atomic mass is 10.1. The van der Waals surface area contributed by atoms with Crippen LogP contribution in [0, 0.1) is 5.92 Å². The van der Waals surface area contributed by atoms with Crippen molar-refractivity contribution in [2.75, 3.05) is 20.1 Å². The smallest absolute Gasteiger partial charge is 0.239 e. The van der Waals surface area contributed by atoms with Crippen molar-refractivity contribution in [2.24, 2.45) is 5.92 Å². The number of hydrogen-bond acceptors (Lipinski definition) is 3. The molecule has 1 saturated heterocycles. The molecular formula is C12H22N2O2. The normalized spacial score (nSPS) is 30.9. The number of nitrogens with zero attached hydrogens (tertiary/aromatic N) is 1. The maximum absolute atomic E-state index is 12.0. The van der Waals surface area contributed by atoms with Gasteiger partial charge < -0.3 is 15.3 Å². The van der Waals surface area contributed by atoms with Gasteiger partial charge in [0.15, 0.2) is 0 Å². The molecule has 1 aliphatic heterocycles. The number of aliphatic hydroxyl groups is 1. The van der Waals surface area contributed by atoms with Crippen LogP contribution in [0.1, 0.15) is 32.1 Å². The number of carbonyl (C=O) groups is 1. The summed E-state index contributed by atoms with van der Waals surface area (Å²) in [6.45, 7) is 1.43. The summed E-state index contributed by atoms with van der Waals surface area (Å²) in [5.41, 5.74) is 0. The largest absolute Gasteiger partial charge is 0.392 e. The minimum Gasteiger partial charge on any atom is -0.392 e. The summed E-state index contributed by atoms with van der Waals surface area (Å²) >= 11 is 0. The van der Waals surface area contributed by atoms with Gasteiger partial charge in [-0.05, 0) is 25.2 Å². The van der Waals surface area contributed by atoms with E-state index in [-0.39, 0.29) is 18.1 Å². The monoisotopic (exact) mass is 226 g/mol. The fraction of sp³-hybridized carbons (Fsp3) is 0.917. The fourth-order valence-electron chi connectivity index (χ4n) is 2.84. The van der Waals surface area contributed by atoms with Crippen LogP contribution >= 0.6 is 0 Å². The molecule has 0 aromatic carbocycles. The van der Waals surface area contributed by atoms with Crippen molar-refractivity contribution in [2.45, 2.75) is 44.2 Å². The molecule has 2 rings (SSSR count). The Bertz CT molecular complexity index is 251. The van der Waals surface area contributed by atoms with Gasteiger partial charge in [-0.3, -0.25) is 4.79 Å². The third kappa shape index (κ3) is 2.74. The van der Waals surface area contributed by atoms with Crippen LogP contribution in [-0.2, 0) is 4.79 Å². The fourth-order valence-corrected chi connectivity index (χ4v) is 2.84. The molecule has 0 aromatic rings. The van der Waals surface area contributed by atoms with Crippen molar-refractivity contribution in [3.8, 4) is 0 Å². The quantitative estimate of drug-likeness (QED) is 0.730. The van der Waals surface area contributed by atoms with Crippen LogP contribution in [0.5, 0.6) is 0 Å². The number of rotatable bonds is 3. The van der Waals surface area contributed by atoms with Crippen molar-refractivity contribution in [1.82, 2.24) is 10.2 Å². The molecule has 1 aliphatic carbocycles. The zero-order valence-corrected chi connectivity index (χ0v) is 9.98. The van der Waals surface area contributed by atoms with Crippen LogP contribution in [0.15, 0.2) is 0 Å². The van der Waals surface area contributed by atoms with Gasteiger partial charge in [0.1, 0.15) is 0 Å². The van der Waals surface area contributed by atoms with E-state index in [2.05, 4.69) is 5.32 Å². The lowest BCUT2D eigenvalue weighted by molar-refractivity contribution is -0.132. The Morgan fingerprint density at radius 1 is 1.44 bits per heavy atom. The number of aliphatic hydroxyl groups excluding tert-OH is 1. The average molecular weight is 226 g/mol. The Hall–Kier alpha value is -0.610. The first-order valence-electron chi connectivity index (χ1n) is 6.33. The maximum Gasteiger partial charge on any atom is 0.239 e. The molecular weight excluding hydrogens is 204 g/mol. The van der Waals surface area contributed by atoms with Crippen LogP contribution in [0.3, 0.4) is 0 Å². The van der Waals surface area contributed by atoms with Gasteiger partial charge in [-0.2, -0.15) is 0 Å². The van der Waals surface area contributed by atoms with Crippen LogP contribution in [0.25, 0.3) is 0 Å². The van der Waals surface area contributed by atoms with E-state index in [0.29, 0.717) is 18.9 Å². The van der Waals surface area contributed by atoms with E-state index in [4.69, 9.17) is 0 Å². The van der Waals surface area contributed by atoms with E-state index >= 15 is 0 Å². The number of amides is 1. The summed E-state index contributed by atoms with van der Waals surface area (Å²) in [7, 11) is 1.88. The van der Waals surface area contributed by atoms with Gasteiger partial charge >= 0.3 is 0 Å². The van der Waals surface area contributed by atoms with Gasteiger partial charge in [0.25, 0.3) is 0 Å². The van der Waals surface area contributed by atoms with Gasteiger partial charge in [0.2, 0.25) is 5.91 Å². The molecule has 1 amide bonds. The second kappa shape index (κ2) is 5.15. The molecule has 2 fully saturated rings. The molecule has 2 atom stereocenters. The summed E-state index contributed by atoms with van der Waals surface area (Å²) in [5, 5.41) is 12.5. The predicted molar refractivity (Wildman–Crippen MR) is 62.0 cm³/mol. The van der Waals surface area contributed by atoms with Crippen molar-refractivity contribution in [3.63, 3.8) is 0 Å². The molecule has 92 valence electrons. The van der Waals surface area contributed by atoms with Crippen molar-refractivity contribution >= 4 is 5.91 Å². The van der Waals surface area contributed by atoms with E-state index in [1.54, 1.807) is 0 Å². The first-order chi connectivity index (χ1) is 7.66. The second-order valence-electron chi connectivity index (χ2n) is 5.22. The number of carbonyl (C=O) groups excluding carboxylic acids is 1. The molecule has 16 heavy (non-hydrogen) atoms. The molecule has 0 aromatic heterocycles. The molecule has 4 heteroatoms. The Balaban J connectivity index is 1.79. The SMILES string of the molecule is CN(CC1CCCC1)C(=O)C1CC(O)CN1. The zero-order valence-electron chi connectivity index (χ0n) is 9.98. The number of nitrogens with one attached hydrogen (secondary N) is 1. The standard InChI is InChI=1S/C12H22N2O2/c1-14(8-9-4-2-3-5-9)12(16)11-6-10(15)7-13-11/h9-11,13,15H,2-8H2,1H3. The van der Waals surface area contributed by atoms with Crippen molar-refractivity contribution < 1.29 is 9.90 Å². The summed E-state index contributed by atoms with van der Waals surface area (Å²) < 4.78 is 0. The third-order valence-corrected chi connectivity index (χ3v) is 3.79. The third-order valence-electron chi connectivity index (χ3n) is 3.79. The minimum atomic E-state index is -0.353. The van der Waals surface area contributed by atoms with Gasteiger partial charge in [0.05, 0.1) is 12.1 Å². The number of likely N-dealkylation sites (N-methyl/N-ethyl adjacent to an activating group) is 1. The highest BCUT2D eigenvalue weighted by Crippen LogP contribution is 2.25. The van der Waals surface area contributed by atoms with E-state index in [9.17, 15) is 9.90 Å². The molecule has 2 aliphatic rings. The summed E-state index contributed by atoms with van der Waals surface area (Å²) in [6, 6.07) is -0.165. The highest BCUT2D eigenvalue weighted by molar-refractivity contribution is 5.82. The van der Waals surface area contributed by atoms with Gasteiger partial charge in [-0.1, -0.05) is 12.8 Å². The summed E-state index contributed by atoms with van der Waals surface area (Å²) in [5.74, 6) is 0.837. The second-order valence-corrected chi connectivity index (χ2v) is 5.22. The molecule has 1 saturated carbocycles. The molecule has 2 unspecified atom stereocenters. The molecule has 4 nitrogen and oxygen atoms in total. The summed E-state index contributed by atoms with van der Waals surface area (Å²) in [6.07, 6.45) is 5.36. The Kier molecular flexibility index (Phi) is 3.82. The molecule has 0 spiro atoms. The maximum atomic E-state index is 12.0. The molecule has 0 bridgehead atoms. The predicted octanol–water partition coefficient (Wildman–Crippen LogP) is 0.358. The lowest BCUT2D eigenvalue weighted by Crippen LogP contribution is -2.43. The first-order valence-corrected chi connectivity index (χ1v) is 6.33. The Labute approximate surface area is 97.0 Å². The van der Waals surface area contributed by atoms with Crippen LogP contribution < -0.4 is 5.32 Å². The summed E-state index contributed by atoms with van der Waals surface area (Å²) in [4.78, 5) is 13.9. The Morgan fingerprint density at radius 2 is 2.12 bits per heavy atom. The van der Waals surface area contributed by atoms with E-state index in [1.807, 2.05) is 11.9 Å². The zero-order chi connectivity index (χ0) is 11.5. The molecule has 1 heterocycles. The number of hydrogen-bond donors (Lipinski definition) is 2. The van der Waals surface area contributed by atoms with Crippen LogP contribution in [0.4, 0.5) is 0 Å².